The zero-order valence-electron chi connectivity index (χ0n) is 23.5. The maximum atomic E-state index is 14.5. The molecule has 3 aromatic carbocycles. The quantitative estimate of drug-likeness (QED) is 0.305. The Bertz CT molecular complexity index is 1570. The van der Waals surface area contributed by atoms with Crippen LogP contribution in [0.3, 0.4) is 0 Å². The molecule has 3 aromatic rings. The van der Waals surface area contributed by atoms with E-state index in [2.05, 4.69) is 31.9 Å². The second kappa shape index (κ2) is 12.7. The van der Waals surface area contributed by atoms with Gasteiger partial charge in [0.2, 0.25) is 10.0 Å². The highest BCUT2D eigenvalue weighted by molar-refractivity contribution is 9.10. The van der Waals surface area contributed by atoms with E-state index in [4.69, 9.17) is 14.5 Å². The average Bonchev–Trinajstić information content (AvgIpc) is 3.37. The van der Waals surface area contributed by atoms with Gasteiger partial charge >= 0.3 is 6.03 Å². The molecule has 2 atom stereocenters. The molecule has 0 bridgehead atoms. The van der Waals surface area contributed by atoms with Gasteiger partial charge in [-0.15, -0.1) is 0 Å². The number of carbonyl (C=O) groups is 1. The van der Waals surface area contributed by atoms with Crippen LogP contribution in [0.1, 0.15) is 35.7 Å². The number of amides is 2. The third-order valence-corrected chi connectivity index (χ3v) is 9.76. The topological polar surface area (TPSA) is 91.8 Å². The number of methoxy groups -OCH3 is 1. The van der Waals surface area contributed by atoms with E-state index < -0.39 is 22.1 Å². The summed E-state index contributed by atoms with van der Waals surface area (Å²) in [6.45, 7) is 3.33. The van der Waals surface area contributed by atoms with E-state index in [-0.39, 0.29) is 32.2 Å². The van der Waals surface area contributed by atoms with Crippen LogP contribution in [0.2, 0.25) is 0 Å². The van der Waals surface area contributed by atoms with Gasteiger partial charge < -0.3 is 14.4 Å². The Morgan fingerprint density at radius 1 is 0.929 bits per heavy atom. The van der Waals surface area contributed by atoms with Crippen molar-refractivity contribution in [2.24, 2.45) is 4.99 Å². The Balaban J connectivity index is 1.65. The zero-order valence-corrected chi connectivity index (χ0v) is 27.5. The molecule has 1 saturated heterocycles. The van der Waals surface area contributed by atoms with Crippen LogP contribution in [0.15, 0.2) is 80.7 Å². The van der Waals surface area contributed by atoms with Crippen LogP contribution in [0.4, 0.5) is 4.79 Å². The predicted octanol–water partition coefficient (Wildman–Crippen LogP) is 5.86. The number of aliphatic imine (C=N–C) groups is 1. The highest BCUT2D eigenvalue weighted by atomic mass is 79.9. The Morgan fingerprint density at radius 3 is 2.07 bits per heavy atom. The third-order valence-electron chi connectivity index (χ3n) is 7.40. The first kappa shape index (κ1) is 30.5. The summed E-state index contributed by atoms with van der Waals surface area (Å²) in [4.78, 5) is 23.2. The van der Waals surface area contributed by atoms with Gasteiger partial charge in [0.25, 0.3) is 0 Å². The lowest BCUT2D eigenvalue weighted by atomic mass is 9.94. The van der Waals surface area contributed by atoms with Gasteiger partial charge in [-0.05, 0) is 54.4 Å². The van der Waals surface area contributed by atoms with Crippen LogP contribution in [0, 0.1) is 0 Å². The smallest absolute Gasteiger partial charge is 0.326 e. The van der Waals surface area contributed by atoms with Crippen molar-refractivity contribution < 1.29 is 22.7 Å². The van der Waals surface area contributed by atoms with Gasteiger partial charge in [0.05, 0.1) is 31.6 Å². The van der Waals surface area contributed by atoms with E-state index in [0.29, 0.717) is 29.5 Å². The summed E-state index contributed by atoms with van der Waals surface area (Å²) in [5.41, 5.74) is 2.54. The van der Waals surface area contributed by atoms with Crippen molar-refractivity contribution in [1.82, 2.24) is 14.1 Å². The number of ether oxygens (including phenoxy) is 2. The second-order valence-electron chi connectivity index (χ2n) is 10.0. The molecular weight excluding hydrogens is 688 g/mol. The van der Waals surface area contributed by atoms with Crippen LogP contribution in [-0.4, -0.2) is 80.5 Å². The highest BCUT2D eigenvalue weighted by Crippen LogP contribution is 2.45. The van der Waals surface area contributed by atoms with E-state index in [1.165, 1.54) is 10.6 Å². The first-order valence-corrected chi connectivity index (χ1v) is 17.0. The number of carbonyl (C=O) groups excluding carboxylic acids is 1. The first-order chi connectivity index (χ1) is 20.1. The predicted molar refractivity (Wildman–Crippen MR) is 170 cm³/mol. The monoisotopic (exact) mass is 718 g/mol. The fraction of sp³-hybridized carbons (Fsp3) is 0.333. The van der Waals surface area contributed by atoms with Crippen LogP contribution in [-0.2, 0) is 10.0 Å². The number of piperazine rings is 1. The van der Waals surface area contributed by atoms with E-state index >= 15 is 0 Å². The van der Waals surface area contributed by atoms with Crippen LogP contribution in [0.25, 0.3) is 0 Å². The molecule has 12 heteroatoms. The van der Waals surface area contributed by atoms with Crippen molar-refractivity contribution in [3.63, 3.8) is 0 Å². The molecule has 0 saturated carbocycles. The number of nitrogens with zero attached hydrogens (tertiary/aromatic N) is 4. The lowest BCUT2D eigenvalue weighted by Gasteiger charge is -2.38. The summed E-state index contributed by atoms with van der Waals surface area (Å²) in [6.07, 6.45) is 1.20. The summed E-state index contributed by atoms with van der Waals surface area (Å²) in [6, 6.07) is 20.3. The summed E-state index contributed by atoms with van der Waals surface area (Å²) >= 11 is 7.06. The highest BCUT2D eigenvalue weighted by Gasteiger charge is 2.45. The standard InChI is InChI=1S/C30H32Br2N4O5S/c1-4-41-26-19-24(40-2)13-14-25(26)29-33-27(20-5-9-22(31)10-6-20)28(21-7-11-23(32)12-8-21)36(29)30(37)34-15-17-35(18-16-34)42(3,38)39/h5-14,19,27-28H,4,15-18H2,1-3H3. The van der Waals surface area contributed by atoms with Gasteiger partial charge in [-0.3, -0.25) is 9.89 Å². The first-order valence-electron chi connectivity index (χ1n) is 13.5. The van der Waals surface area contributed by atoms with Gasteiger partial charge in [-0.25, -0.2) is 13.2 Å². The number of halogens is 2. The summed E-state index contributed by atoms with van der Waals surface area (Å²) in [7, 11) is -1.76. The van der Waals surface area contributed by atoms with E-state index in [1.54, 1.807) is 23.0 Å². The largest absolute Gasteiger partial charge is 0.497 e. The molecule has 222 valence electrons. The van der Waals surface area contributed by atoms with Crippen molar-refractivity contribution >= 4 is 53.7 Å². The van der Waals surface area contributed by atoms with E-state index in [0.717, 1.165) is 20.1 Å². The zero-order chi connectivity index (χ0) is 30.0. The summed E-state index contributed by atoms with van der Waals surface area (Å²) in [5, 5.41) is 0. The molecule has 0 spiro atoms. The molecule has 42 heavy (non-hydrogen) atoms. The lowest BCUT2D eigenvalue weighted by molar-refractivity contribution is 0.143. The van der Waals surface area contributed by atoms with Crippen molar-refractivity contribution in [2.75, 3.05) is 46.2 Å². The molecule has 2 aliphatic rings. The molecule has 0 N–H and O–H groups in total. The normalized spacial score (nSPS) is 19.5. The summed E-state index contributed by atoms with van der Waals surface area (Å²) < 4.78 is 39.1. The van der Waals surface area contributed by atoms with Crippen LogP contribution >= 0.6 is 31.9 Å². The van der Waals surface area contributed by atoms with Gasteiger partial charge in [0.15, 0.2) is 0 Å². The molecule has 2 amide bonds. The average molecular weight is 720 g/mol. The van der Waals surface area contributed by atoms with Gasteiger partial charge in [0, 0.05) is 41.2 Å². The third kappa shape index (κ3) is 6.36. The molecule has 1 fully saturated rings. The fourth-order valence-corrected chi connectivity index (χ4v) is 6.66. The van der Waals surface area contributed by atoms with Crippen molar-refractivity contribution in [3.8, 4) is 11.5 Å². The molecule has 2 heterocycles. The molecule has 9 nitrogen and oxygen atoms in total. The Labute approximate surface area is 263 Å². The maximum Gasteiger partial charge on any atom is 0.326 e. The van der Waals surface area contributed by atoms with Gasteiger partial charge in [-0.1, -0.05) is 56.1 Å². The van der Waals surface area contributed by atoms with Crippen LogP contribution < -0.4 is 9.47 Å². The number of hydrogen-bond donors (Lipinski definition) is 0. The molecule has 2 unspecified atom stereocenters. The van der Waals surface area contributed by atoms with Crippen molar-refractivity contribution in [2.45, 2.75) is 19.0 Å². The number of rotatable bonds is 7. The minimum absolute atomic E-state index is 0.233. The number of hydrogen-bond acceptors (Lipinski definition) is 6. The van der Waals surface area contributed by atoms with E-state index in [9.17, 15) is 13.2 Å². The number of amidine groups is 1. The number of urea groups is 1. The van der Waals surface area contributed by atoms with Gasteiger partial charge in [-0.2, -0.15) is 4.31 Å². The van der Waals surface area contributed by atoms with Crippen molar-refractivity contribution in [3.05, 3.63) is 92.4 Å². The second-order valence-corrected chi connectivity index (χ2v) is 13.9. The minimum atomic E-state index is -3.35. The van der Waals surface area contributed by atoms with Gasteiger partial charge in [0.1, 0.15) is 23.4 Å². The molecular formula is C30H32Br2N4O5S. The number of benzene rings is 3. The molecule has 5 rings (SSSR count). The molecule has 0 aliphatic carbocycles. The lowest BCUT2D eigenvalue weighted by Crippen LogP contribution is -2.55. The number of sulfonamides is 1. The Morgan fingerprint density at radius 2 is 1.52 bits per heavy atom. The van der Waals surface area contributed by atoms with E-state index in [1.807, 2.05) is 67.6 Å². The molecule has 0 radical (unpaired) electrons. The van der Waals surface area contributed by atoms with Crippen molar-refractivity contribution in [1.29, 1.82) is 0 Å². The SMILES string of the molecule is CCOc1cc(OC)ccc1C1=NC(c2ccc(Br)cc2)C(c2ccc(Br)cc2)N1C(=O)N1CCN(S(C)(=O)=O)CC1. The Kier molecular flexibility index (Phi) is 9.26. The molecule has 2 aliphatic heterocycles. The summed E-state index contributed by atoms with van der Waals surface area (Å²) in [5.74, 6) is 1.67. The fourth-order valence-electron chi connectivity index (χ4n) is 5.31. The minimum Gasteiger partial charge on any atom is -0.497 e. The Hall–Kier alpha value is -2.93. The maximum absolute atomic E-state index is 14.5. The van der Waals surface area contributed by atoms with Crippen LogP contribution in [0.5, 0.6) is 11.5 Å². The molecule has 0 aromatic heterocycles.